The Morgan fingerprint density at radius 1 is 1.37 bits per heavy atom. The van der Waals surface area contributed by atoms with Gasteiger partial charge < -0.3 is 10.1 Å². The Morgan fingerprint density at radius 2 is 2.19 bits per heavy atom. The number of carbonyl (C=O) groups is 1. The number of rotatable bonds is 4. The predicted octanol–water partition coefficient (Wildman–Crippen LogP) is 3.76. The summed E-state index contributed by atoms with van der Waals surface area (Å²) in [7, 11) is 0. The normalized spacial score (nSPS) is 16.6. The zero-order valence-electron chi connectivity index (χ0n) is 15.1. The third kappa shape index (κ3) is 3.33. The Morgan fingerprint density at radius 3 is 2.93 bits per heavy atom. The first-order valence-corrected chi connectivity index (χ1v) is 8.72. The second-order valence-corrected chi connectivity index (χ2v) is 6.54. The lowest BCUT2D eigenvalue weighted by Crippen LogP contribution is -2.25. The lowest BCUT2D eigenvalue weighted by atomic mass is 10.1. The number of nitrogens with zero attached hydrogens (tertiary/aromatic N) is 3. The highest BCUT2D eigenvalue weighted by Gasteiger charge is 2.23. The number of carbonyl (C=O) groups excluding carboxylic acids is 1. The molecular formula is C20H19FN4O2. The molecule has 1 aromatic carbocycles. The summed E-state index contributed by atoms with van der Waals surface area (Å²) in [6.07, 6.45) is 6.60. The molecule has 27 heavy (non-hydrogen) atoms. The maximum absolute atomic E-state index is 13.5. The molecule has 1 atom stereocenters. The number of benzene rings is 1. The van der Waals surface area contributed by atoms with Gasteiger partial charge in [-0.1, -0.05) is 12.1 Å². The van der Waals surface area contributed by atoms with Crippen LogP contribution in [0.15, 0.2) is 36.7 Å². The van der Waals surface area contributed by atoms with Crippen molar-refractivity contribution in [1.82, 2.24) is 14.8 Å². The molecule has 1 unspecified atom stereocenters. The van der Waals surface area contributed by atoms with Crippen LogP contribution >= 0.6 is 0 Å². The smallest absolute Gasteiger partial charge is 0.248 e. The van der Waals surface area contributed by atoms with Crippen molar-refractivity contribution < 1.29 is 13.9 Å². The maximum atomic E-state index is 13.5. The molecule has 0 saturated carbocycles. The van der Waals surface area contributed by atoms with Gasteiger partial charge in [-0.3, -0.25) is 9.78 Å². The molecule has 3 aromatic rings. The molecule has 4 rings (SSSR count). The Hall–Kier alpha value is -3.06. The molecular weight excluding hydrogens is 347 g/mol. The number of fused-ring (bicyclic) bond motifs is 1. The number of hydrogen-bond acceptors (Lipinski definition) is 4. The van der Waals surface area contributed by atoms with Crippen molar-refractivity contribution in [3.8, 4) is 0 Å². The fraction of sp³-hybridized carbons (Fsp3) is 0.250. The average molecular weight is 366 g/mol. The van der Waals surface area contributed by atoms with Crippen LogP contribution in [0.3, 0.4) is 0 Å². The molecule has 138 valence electrons. The Labute approximate surface area is 155 Å². The van der Waals surface area contributed by atoms with Gasteiger partial charge in [0.15, 0.2) is 6.23 Å². The first-order valence-electron chi connectivity index (χ1n) is 8.72. The Bertz CT molecular complexity index is 1050. The predicted molar refractivity (Wildman–Crippen MR) is 101 cm³/mol. The van der Waals surface area contributed by atoms with Crippen molar-refractivity contribution in [1.29, 1.82) is 0 Å². The highest BCUT2D eigenvalue weighted by molar-refractivity contribution is 6.02. The van der Waals surface area contributed by atoms with E-state index in [0.29, 0.717) is 11.3 Å². The molecule has 1 amide bonds. The van der Waals surface area contributed by atoms with Gasteiger partial charge in [0.05, 0.1) is 35.9 Å². The molecule has 1 N–H and O–H groups in total. The van der Waals surface area contributed by atoms with Crippen molar-refractivity contribution in [2.75, 3.05) is 11.9 Å². The van der Waals surface area contributed by atoms with Crippen molar-refractivity contribution >= 4 is 28.6 Å². The first kappa shape index (κ1) is 17.4. The maximum Gasteiger partial charge on any atom is 0.248 e. The standard InChI is InChI=1S/C20H19FN4O2/c1-12-16(21)10-22-11-17(12)23-19(26)6-4-14-3-5-15-13(2)24-25(18(15)9-14)20-7-8-27-20/h3-6,9-11,20H,7-8H2,1-2H3,(H,23,26)/b6-4+. The number of nitrogens with one attached hydrogen (secondary N) is 1. The zero-order valence-corrected chi connectivity index (χ0v) is 15.1. The quantitative estimate of drug-likeness (QED) is 0.714. The van der Waals surface area contributed by atoms with Gasteiger partial charge >= 0.3 is 0 Å². The first-order chi connectivity index (χ1) is 13.0. The zero-order chi connectivity index (χ0) is 19.0. The summed E-state index contributed by atoms with van der Waals surface area (Å²) in [5, 5.41) is 8.28. The summed E-state index contributed by atoms with van der Waals surface area (Å²) >= 11 is 0. The van der Waals surface area contributed by atoms with Crippen LogP contribution in [-0.4, -0.2) is 27.3 Å². The molecule has 0 spiro atoms. The molecule has 0 radical (unpaired) electrons. The van der Waals surface area contributed by atoms with Crippen LogP contribution in [0.25, 0.3) is 17.0 Å². The van der Waals surface area contributed by atoms with Crippen molar-refractivity contribution in [3.05, 3.63) is 59.3 Å². The molecule has 1 saturated heterocycles. The number of hydrogen-bond donors (Lipinski definition) is 1. The highest BCUT2D eigenvalue weighted by atomic mass is 19.1. The van der Waals surface area contributed by atoms with E-state index >= 15 is 0 Å². The summed E-state index contributed by atoms with van der Waals surface area (Å²) in [5.41, 5.74) is 3.50. The minimum Gasteiger partial charge on any atom is -0.356 e. The van der Waals surface area contributed by atoms with E-state index < -0.39 is 5.82 Å². The third-order valence-corrected chi connectivity index (χ3v) is 4.70. The van der Waals surface area contributed by atoms with E-state index in [2.05, 4.69) is 15.4 Å². The number of amides is 1. The number of anilines is 1. The van der Waals surface area contributed by atoms with E-state index in [1.54, 1.807) is 13.0 Å². The second-order valence-electron chi connectivity index (χ2n) is 6.54. The molecule has 0 bridgehead atoms. The van der Waals surface area contributed by atoms with Crippen LogP contribution in [0.5, 0.6) is 0 Å². The Kier molecular flexibility index (Phi) is 4.45. The summed E-state index contributed by atoms with van der Waals surface area (Å²) in [6, 6.07) is 5.91. The van der Waals surface area contributed by atoms with E-state index in [-0.39, 0.29) is 12.1 Å². The molecule has 1 fully saturated rings. The van der Waals surface area contributed by atoms with Gasteiger partial charge in [-0.2, -0.15) is 5.10 Å². The van der Waals surface area contributed by atoms with Crippen LogP contribution in [0.4, 0.5) is 10.1 Å². The summed E-state index contributed by atoms with van der Waals surface area (Å²) < 4.78 is 21.0. The largest absolute Gasteiger partial charge is 0.356 e. The molecule has 2 aromatic heterocycles. The van der Waals surface area contributed by atoms with Crippen LogP contribution in [0, 0.1) is 19.7 Å². The molecule has 3 heterocycles. The SMILES string of the molecule is Cc1c(F)cncc1NC(=O)/C=C/c1ccc2c(C)nn(C3CCO3)c2c1. The fourth-order valence-corrected chi connectivity index (χ4v) is 3.02. The third-order valence-electron chi connectivity index (χ3n) is 4.70. The minimum absolute atomic E-state index is 0.0211. The van der Waals surface area contributed by atoms with Gasteiger partial charge in [-0.05, 0) is 31.6 Å². The number of ether oxygens (including phenoxy) is 1. The molecule has 7 heteroatoms. The fourth-order valence-electron chi connectivity index (χ4n) is 3.02. The lowest BCUT2D eigenvalue weighted by Gasteiger charge is -2.27. The summed E-state index contributed by atoms with van der Waals surface area (Å²) in [4.78, 5) is 15.9. The van der Waals surface area contributed by atoms with Crippen LogP contribution < -0.4 is 5.32 Å². The molecule has 0 aliphatic carbocycles. The van der Waals surface area contributed by atoms with Gasteiger partial charge in [0.25, 0.3) is 0 Å². The molecule has 1 aliphatic rings. The molecule has 6 nitrogen and oxygen atoms in total. The van der Waals surface area contributed by atoms with E-state index in [0.717, 1.165) is 41.4 Å². The highest BCUT2D eigenvalue weighted by Crippen LogP contribution is 2.29. The molecule has 1 aliphatic heterocycles. The van der Waals surface area contributed by atoms with Crippen molar-refractivity contribution in [2.24, 2.45) is 0 Å². The Balaban J connectivity index is 1.55. The lowest BCUT2D eigenvalue weighted by molar-refractivity contribution is -0.111. The summed E-state index contributed by atoms with van der Waals surface area (Å²) in [6.45, 7) is 4.31. The van der Waals surface area contributed by atoms with Crippen LogP contribution in [0.1, 0.15) is 29.5 Å². The van der Waals surface area contributed by atoms with Crippen LogP contribution in [-0.2, 0) is 9.53 Å². The van der Waals surface area contributed by atoms with E-state index in [1.807, 2.05) is 29.8 Å². The number of aromatic nitrogens is 3. The van der Waals surface area contributed by atoms with Gasteiger partial charge in [0.2, 0.25) is 5.91 Å². The number of pyridine rings is 1. The van der Waals surface area contributed by atoms with E-state index in [4.69, 9.17) is 4.74 Å². The van der Waals surface area contributed by atoms with E-state index in [1.165, 1.54) is 12.3 Å². The topological polar surface area (TPSA) is 69.0 Å². The minimum atomic E-state index is -0.455. The second kappa shape index (κ2) is 6.92. The van der Waals surface area contributed by atoms with Gasteiger partial charge in [0, 0.05) is 23.4 Å². The monoisotopic (exact) mass is 366 g/mol. The van der Waals surface area contributed by atoms with Gasteiger partial charge in [-0.15, -0.1) is 0 Å². The van der Waals surface area contributed by atoms with Gasteiger partial charge in [0.1, 0.15) is 5.82 Å². The average Bonchev–Trinajstić information content (AvgIpc) is 2.92. The van der Waals surface area contributed by atoms with E-state index in [9.17, 15) is 9.18 Å². The van der Waals surface area contributed by atoms with Crippen molar-refractivity contribution in [2.45, 2.75) is 26.5 Å². The van der Waals surface area contributed by atoms with Gasteiger partial charge in [-0.25, -0.2) is 9.07 Å². The van der Waals surface area contributed by atoms with Crippen LogP contribution in [0.2, 0.25) is 0 Å². The number of aryl methyl sites for hydroxylation is 1. The number of halogens is 1. The van der Waals surface area contributed by atoms with Crippen molar-refractivity contribution in [3.63, 3.8) is 0 Å². The summed E-state index contributed by atoms with van der Waals surface area (Å²) in [5.74, 6) is -0.804.